The van der Waals surface area contributed by atoms with Crippen molar-refractivity contribution >= 4 is 27.5 Å². The number of hydrogen-bond donors (Lipinski definition) is 0. The Morgan fingerprint density at radius 2 is 1.95 bits per heavy atom. The molecule has 0 spiro atoms. The molecule has 4 nitrogen and oxygen atoms in total. The first-order chi connectivity index (χ1) is 10.2. The molecule has 1 atom stereocenters. The van der Waals surface area contributed by atoms with Gasteiger partial charge in [-0.25, -0.2) is 17.2 Å². The van der Waals surface area contributed by atoms with E-state index in [9.17, 15) is 22.0 Å². The van der Waals surface area contributed by atoms with Crippen molar-refractivity contribution in [1.82, 2.24) is 4.90 Å². The smallest absolute Gasteiger partial charge is 0.232 e. The summed E-state index contributed by atoms with van der Waals surface area (Å²) in [6, 6.07) is 2.98. The van der Waals surface area contributed by atoms with E-state index in [0.29, 0.717) is 4.90 Å². The van der Waals surface area contributed by atoms with Gasteiger partial charge in [-0.15, -0.1) is 11.8 Å². The SMILES string of the molecule is CCS(=O)(=O)CC(C)N(C)C(=O)CSc1ccc(F)c(F)c1. The van der Waals surface area contributed by atoms with Gasteiger partial charge in [0.1, 0.15) is 0 Å². The summed E-state index contributed by atoms with van der Waals surface area (Å²) in [5.74, 6) is -2.21. The van der Waals surface area contributed by atoms with E-state index >= 15 is 0 Å². The second kappa shape index (κ2) is 7.92. The summed E-state index contributed by atoms with van der Waals surface area (Å²) in [5, 5.41) is 0. The van der Waals surface area contributed by atoms with Crippen LogP contribution in [-0.2, 0) is 14.6 Å². The molecule has 1 unspecified atom stereocenters. The molecule has 0 bridgehead atoms. The Bertz CT molecular complexity index is 635. The number of carbonyl (C=O) groups is 1. The van der Waals surface area contributed by atoms with Crippen molar-refractivity contribution in [2.45, 2.75) is 24.8 Å². The van der Waals surface area contributed by atoms with E-state index in [4.69, 9.17) is 0 Å². The first kappa shape index (κ1) is 18.9. The second-order valence-electron chi connectivity index (χ2n) is 4.92. The summed E-state index contributed by atoms with van der Waals surface area (Å²) in [7, 11) is -1.63. The maximum atomic E-state index is 13.1. The van der Waals surface area contributed by atoms with Crippen LogP contribution in [0.2, 0.25) is 0 Å². The molecule has 0 saturated heterocycles. The molecule has 0 aliphatic rings. The molecule has 0 aliphatic heterocycles. The first-order valence-corrected chi connectivity index (χ1v) is 9.51. The maximum absolute atomic E-state index is 13.1. The Labute approximate surface area is 133 Å². The van der Waals surface area contributed by atoms with Crippen LogP contribution >= 0.6 is 11.8 Å². The Kier molecular flexibility index (Phi) is 6.80. The minimum atomic E-state index is -3.17. The van der Waals surface area contributed by atoms with Crippen LogP contribution in [0.15, 0.2) is 23.1 Å². The van der Waals surface area contributed by atoms with Crippen molar-refractivity contribution in [2.75, 3.05) is 24.3 Å². The predicted octanol–water partition coefficient (Wildman–Crippen LogP) is 2.34. The molecule has 22 heavy (non-hydrogen) atoms. The fraction of sp³-hybridized carbons (Fsp3) is 0.500. The number of hydrogen-bond acceptors (Lipinski definition) is 4. The third-order valence-electron chi connectivity index (χ3n) is 3.24. The zero-order valence-corrected chi connectivity index (χ0v) is 14.3. The van der Waals surface area contributed by atoms with E-state index < -0.39 is 27.5 Å². The van der Waals surface area contributed by atoms with E-state index in [2.05, 4.69) is 0 Å². The summed E-state index contributed by atoms with van der Waals surface area (Å²) in [6.45, 7) is 3.22. The van der Waals surface area contributed by atoms with Gasteiger partial charge < -0.3 is 4.90 Å². The molecule has 1 aromatic rings. The Morgan fingerprint density at radius 3 is 2.50 bits per heavy atom. The molecule has 1 aromatic carbocycles. The van der Waals surface area contributed by atoms with Crippen molar-refractivity contribution in [2.24, 2.45) is 0 Å². The molecule has 0 N–H and O–H groups in total. The molecule has 0 saturated carbocycles. The Balaban J connectivity index is 2.58. The number of halogens is 2. The highest BCUT2D eigenvalue weighted by Gasteiger charge is 2.21. The quantitative estimate of drug-likeness (QED) is 0.708. The monoisotopic (exact) mass is 351 g/mol. The van der Waals surface area contributed by atoms with Gasteiger partial charge in [0.15, 0.2) is 21.5 Å². The molecule has 1 rings (SSSR count). The van der Waals surface area contributed by atoms with E-state index in [1.165, 1.54) is 18.0 Å². The van der Waals surface area contributed by atoms with Gasteiger partial charge in [0.25, 0.3) is 0 Å². The van der Waals surface area contributed by atoms with Gasteiger partial charge in [-0.3, -0.25) is 4.79 Å². The minimum absolute atomic E-state index is 0.0259. The summed E-state index contributed by atoms with van der Waals surface area (Å²) in [4.78, 5) is 13.8. The molecular formula is C14H19F2NO3S2. The number of sulfone groups is 1. The molecule has 0 aromatic heterocycles. The highest BCUT2D eigenvalue weighted by atomic mass is 32.2. The lowest BCUT2D eigenvalue weighted by Crippen LogP contribution is -2.40. The van der Waals surface area contributed by atoms with Crippen molar-refractivity contribution in [3.8, 4) is 0 Å². The number of carbonyl (C=O) groups excluding carboxylic acids is 1. The van der Waals surface area contributed by atoms with Crippen LogP contribution in [-0.4, -0.2) is 49.6 Å². The lowest BCUT2D eigenvalue weighted by molar-refractivity contribution is -0.128. The topological polar surface area (TPSA) is 54.5 Å². The third kappa shape index (κ3) is 5.57. The van der Waals surface area contributed by atoms with Gasteiger partial charge in [0.05, 0.1) is 11.5 Å². The van der Waals surface area contributed by atoms with Gasteiger partial charge >= 0.3 is 0 Å². The van der Waals surface area contributed by atoms with Gasteiger partial charge in [0, 0.05) is 23.7 Å². The third-order valence-corrected chi connectivity index (χ3v) is 6.09. The van der Waals surface area contributed by atoms with Gasteiger partial charge in [-0.05, 0) is 25.1 Å². The van der Waals surface area contributed by atoms with Crippen LogP contribution in [0.25, 0.3) is 0 Å². The van der Waals surface area contributed by atoms with Crippen molar-refractivity contribution in [1.29, 1.82) is 0 Å². The van der Waals surface area contributed by atoms with Gasteiger partial charge in [-0.1, -0.05) is 6.92 Å². The lowest BCUT2D eigenvalue weighted by Gasteiger charge is -2.24. The fourth-order valence-corrected chi connectivity index (χ4v) is 3.70. The van der Waals surface area contributed by atoms with Crippen LogP contribution in [0.5, 0.6) is 0 Å². The summed E-state index contributed by atoms with van der Waals surface area (Å²) in [6.07, 6.45) is 0. The van der Waals surface area contributed by atoms with Crippen LogP contribution < -0.4 is 0 Å². The van der Waals surface area contributed by atoms with E-state index in [-0.39, 0.29) is 23.2 Å². The maximum Gasteiger partial charge on any atom is 0.232 e. The standard InChI is InChI=1S/C14H19F2NO3S2/c1-4-22(19,20)9-10(2)17(3)14(18)8-21-11-5-6-12(15)13(16)7-11/h5-7,10H,4,8-9H2,1-3H3. The second-order valence-corrected chi connectivity index (χ2v) is 8.36. The van der Waals surface area contributed by atoms with Crippen LogP contribution in [0.4, 0.5) is 8.78 Å². The lowest BCUT2D eigenvalue weighted by atomic mass is 10.3. The Hall–Kier alpha value is -1.15. The van der Waals surface area contributed by atoms with E-state index in [0.717, 1.165) is 23.9 Å². The molecule has 0 aliphatic carbocycles. The van der Waals surface area contributed by atoms with Crippen molar-refractivity contribution < 1.29 is 22.0 Å². The molecule has 124 valence electrons. The van der Waals surface area contributed by atoms with Crippen LogP contribution in [0.3, 0.4) is 0 Å². The molecular weight excluding hydrogens is 332 g/mol. The van der Waals surface area contributed by atoms with E-state index in [1.807, 2.05) is 0 Å². The average molecular weight is 351 g/mol. The molecule has 0 radical (unpaired) electrons. The predicted molar refractivity (Wildman–Crippen MR) is 83.6 cm³/mol. The number of nitrogens with zero attached hydrogens (tertiary/aromatic N) is 1. The fourth-order valence-electron chi connectivity index (χ4n) is 1.66. The number of benzene rings is 1. The normalized spacial score (nSPS) is 13.0. The van der Waals surface area contributed by atoms with Crippen molar-refractivity contribution in [3.05, 3.63) is 29.8 Å². The van der Waals surface area contributed by atoms with Crippen molar-refractivity contribution in [3.63, 3.8) is 0 Å². The molecule has 0 fully saturated rings. The molecule has 0 heterocycles. The Morgan fingerprint density at radius 1 is 1.32 bits per heavy atom. The van der Waals surface area contributed by atoms with E-state index in [1.54, 1.807) is 13.8 Å². The summed E-state index contributed by atoms with van der Waals surface area (Å²) < 4.78 is 49.0. The highest BCUT2D eigenvalue weighted by molar-refractivity contribution is 8.00. The number of rotatable bonds is 7. The highest BCUT2D eigenvalue weighted by Crippen LogP contribution is 2.21. The number of thioether (sulfide) groups is 1. The summed E-state index contributed by atoms with van der Waals surface area (Å²) in [5.41, 5.74) is 0. The molecule has 1 amide bonds. The molecule has 8 heteroatoms. The largest absolute Gasteiger partial charge is 0.341 e. The zero-order valence-electron chi connectivity index (χ0n) is 12.7. The first-order valence-electron chi connectivity index (χ1n) is 6.70. The van der Waals surface area contributed by atoms with Gasteiger partial charge in [-0.2, -0.15) is 0 Å². The van der Waals surface area contributed by atoms with Crippen LogP contribution in [0, 0.1) is 11.6 Å². The minimum Gasteiger partial charge on any atom is -0.341 e. The number of amides is 1. The zero-order chi connectivity index (χ0) is 16.9. The van der Waals surface area contributed by atoms with Gasteiger partial charge in [0.2, 0.25) is 5.91 Å². The van der Waals surface area contributed by atoms with Crippen LogP contribution in [0.1, 0.15) is 13.8 Å². The summed E-state index contributed by atoms with van der Waals surface area (Å²) >= 11 is 1.07. The average Bonchev–Trinajstić information content (AvgIpc) is 2.46.